The van der Waals surface area contributed by atoms with Crippen LogP contribution in [0.15, 0.2) is 0 Å². The molecule has 0 radical (unpaired) electrons. The predicted octanol–water partition coefficient (Wildman–Crippen LogP) is 3.88. The second-order valence-corrected chi connectivity index (χ2v) is 8.08. The molecule has 2 unspecified atom stereocenters. The zero-order valence-electron chi connectivity index (χ0n) is 13.2. The second kappa shape index (κ2) is 6.13. The smallest absolute Gasteiger partial charge is 0.0772 e. The van der Waals surface area contributed by atoms with Crippen molar-refractivity contribution in [3.63, 3.8) is 0 Å². The van der Waals surface area contributed by atoms with E-state index in [1.54, 1.807) is 0 Å². The lowest BCUT2D eigenvalue weighted by atomic mass is 9.71. The lowest BCUT2D eigenvalue weighted by Gasteiger charge is -2.41. The van der Waals surface area contributed by atoms with E-state index < -0.39 is 5.60 Å². The van der Waals surface area contributed by atoms with Crippen LogP contribution in [0.4, 0.5) is 0 Å². The summed E-state index contributed by atoms with van der Waals surface area (Å²) in [4.78, 5) is 0. The van der Waals surface area contributed by atoms with Gasteiger partial charge in [0.15, 0.2) is 0 Å². The zero-order chi connectivity index (χ0) is 13.9. The molecule has 0 spiro atoms. The fourth-order valence-electron chi connectivity index (χ4n) is 3.59. The Hall–Kier alpha value is -0.0800. The molecular formula is C17H33NO. The number of nitrogens with one attached hydrogen (secondary N) is 1. The monoisotopic (exact) mass is 267 g/mol. The van der Waals surface area contributed by atoms with Crippen molar-refractivity contribution >= 4 is 0 Å². The van der Waals surface area contributed by atoms with E-state index in [0.29, 0.717) is 11.5 Å². The number of hydrogen-bond donors (Lipinski definition) is 2. The summed E-state index contributed by atoms with van der Waals surface area (Å²) >= 11 is 0. The van der Waals surface area contributed by atoms with Crippen LogP contribution in [0.5, 0.6) is 0 Å². The average Bonchev–Trinajstić information content (AvgIpc) is 2.56. The highest BCUT2D eigenvalue weighted by Crippen LogP contribution is 2.40. The van der Waals surface area contributed by atoms with E-state index in [2.05, 4.69) is 26.1 Å². The summed E-state index contributed by atoms with van der Waals surface area (Å²) in [6.45, 7) is 7.83. The van der Waals surface area contributed by atoms with Crippen molar-refractivity contribution in [3.8, 4) is 0 Å². The van der Waals surface area contributed by atoms with E-state index in [1.165, 1.54) is 32.1 Å². The molecule has 112 valence electrons. The van der Waals surface area contributed by atoms with Gasteiger partial charge in [0, 0.05) is 12.6 Å². The fraction of sp³-hybridized carbons (Fsp3) is 1.00. The highest BCUT2D eigenvalue weighted by molar-refractivity contribution is 4.91. The van der Waals surface area contributed by atoms with Crippen LogP contribution in [0.25, 0.3) is 0 Å². The van der Waals surface area contributed by atoms with Crippen molar-refractivity contribution < 1.29 is 5.11 Å². The van der Waals surface area contributed by atoms with E-state index in [4.69, 9.17) is 0 Å². The minimum absolute atomic E-state index is 0.435. The number of hydrogen-bond acceptors (Lipinski definition) is 2. The molecule has 2 rings (SSSR count). The van der Waals surface area contributed by atoms with Gasteiger partial charge < -0.3 is 10.4 Å². The Morgan fingerprint density at radius 1 is 1.00 bits per heavy atom. The van der Waals surface area contributed by atoms with Crippen molar-refractivity contribution in [1.82, 2.24) is 5.32 Å². The van der Waals surface area contributed by atoms with E-state index in [9.17, 15) is 5.11 Å². The SMILES string of the molecule is CC1CCCC(NCC2(O)CCC(C)(C)CC2)CC1. The van der Waals surface area contributed by atoms with Gasteiger partial charge in [-0.25, -0.2) is 0 Å². The summed E-state index contributed by atoms with van der Waals surface area (Å²) in [6.07, 6.45) is 10.9. The molecule has 2 heteroatoms. The van der Waals surface area contributed by atoms with Gasteiger partial charge in [-0.2, -0.15) is 0 Å². The van der Waals surface area contributed by atoms with Crippen molar-refractivity contribution in [1.29, 1.82) is 0 Å². The van der Waals surface area contributed by atoms with Crippen LogP contribution in [0.1, 0.15) is 78.6 Å². The maximum atomic E-state index is 10.7. The van der Waals surface area contributed by atoms with Gasteiger partial charge in [0.2, 0.25) is 0 Å². The third kappa shape index (κ3) is 4.75. The molecule has 0 heterocycles. The zero-order valence-corrected chi connectivity index (χ0v) is 13.2. The molecule has 0 aromatic rings. The van der Waals surface area contributed by atoms with Gasteiger partial charge in [0.25, 0.3) is 0 Å². The quantitative estimate of drug-likeness (QED) is 0.761. The van der Waals surface area contributed by atoms with Crippen LogP contribution in [0.3, 0.4) is 0 Å². The summed E-state index contributed by atoms with van der Waals surface area (Å²) in [6, 6.07) is 0.643. The maximum Gasteiger partial charge on any atom is 0.0772 e. The summed E-state index contributed by atoms with van der Waals surface area (Å²) in [5.74, 6) is 0.894. The Kier molecular flexibility index (Phi) is 4.94. The topological polar surface area (TPSA) is 32.3 Å². The number of rotatable bonds is 3. The van der Waals surface area contributed by atoms with Crippen LogP contribution in [-0.2, 0) is 0 Å². The van der Waals surface area contributed by atoms with Gasteiger partial charge in [-0.1, -0.05) is 33.6 Å². The first-order valence-electron chi connectivity index (χ1n) is 8.34. The van der Waals surface area contributed by atoms with Crippen LogP contribution in [-0.4, -0.2) is 23.3 Å². The van der Waals surface area contributed by atoms with E-state index in [-0.39, 0.29) is 0 Å². The van der Waals surface area contributed by atoms with Gasteiger partial charge >= 0.3 is 0 Å². The van der Waals surface area contributed by atoms with Crippen molar-refractivity contribution in [3.05, 3.63) is 0 Å². The highest BCUT2D eigenvalue weighted by atomic mass is 16.3. The molecule has 2 nitrogen and oxygen atoms in total. The molecule has 0 saturated heterocycles. The summed E-state index contributed by atoms with van der Waals surface area (Å²) in [5, 5.41) is 14.4. The van der Waals surface area contributed by atoms with Crippen LogP contribution < -0.4 is 5.32 Å². The average molecular weight is 267 g/mol. The normalized spacial score (nSPS) is 34.7. The molecule has 0 amide bonds. The molecule has 2 aliphatic rings. The first-order valence-corrected chi connectivity index (χ1v) is 8.34. The Morgan fingerprint density at radius 3 is 2.37 bits per heavy atom. The van der Waals surface area contributed by atoms with Gasteiger partial charge in [-0.05, 0) is 56.3 Å². The van der Waals surface area contributed by atoms with E-state index in [0.717, 1.165) is 38.1 Å². The van der Waals surface area contributed by atoms with Crippen LogP contribution >= 0.6 is 0 Å². The first kappa shape index (κ1) is 15.3. The van der Waals surface area contributed by atoms with Gasteiger partial charge in [-0.3, -0.25) is 0 Å². The molecule has 2 aliphatic carbocycles. The molecule has 2 atom stereocenters. The largest absolute Gasteiger partial charge is 0.389 e. The Balaban J connectivity index is 1.75. The summed E-state index contributed by atoms with van der Waals surface area (Å²) in [5.41, 5.74) is -0.00256. The lowest BCUT2D eigenvalue weighted by molar-refractivity contribution is -0.0263. The third-order valence-electron chi connectivity index (χ3n) is 5.51. The van der Waals surface area contributed by atoms with Crippen molar-refractivity contribution in [2.24, 2.45) is 11.3 Å². The highest BCUT2D eigenvalue weighted by Gasteiger charge is 2.36. The Labute approximate surface area is 119 Å². The first-order chi connectivity index (χ1) is 8.89. The van der Waals surface area contributed by atoms with Crippen LogP contribution in [0.2, 0.25) is 0 Å². The van der Waals surface area contributed by atoms with Gasteiger partial charge in [0.05, 0.1) is 5.60 Å². The van der Waals surface area contributed by atoms with Crippen molar-refractivity contribution in [2.75, 3.05) is 6.54 Å². The Bertz CT molecular complexity index is 277. The fourth-order valence-corrected chi connectivity index (χ4v) is 3.59. The predicted molar refractivity (Wildman–Crippen MR) is 81.2 cm³/mol. The standard InChI is InChI=1S/C17H33NO/c1-14-5-4-6-15(8-7-14)18-13-17(19)11-9-16(2,3)10-12-17/h14-15,18-19H,4-13H2,1-3H3. The maximum absolute atomic E-state index is 10.7. The second-order valence-electron chi connectivity index (χ2n) is 8.08. The molecule has 0 aromatic carbocycles. The lowest BCUT2D eigenvalue weighted by Crippen LogP contribution is -2.47. The summed E-state index contributed by atoms with van der Waals surface area (Å²) < 4.78 is 0. The number of aliphatic hydroxyl groups is 1. The molecule has 0 aliphatic heterocycles. The molecule has 19 heavy (non-hydrogen) atoms. The van der Waals surface area contributed by atoms with E-state index >= 15 is 0 Å². The van der Waals surface area contributed by atoms with Gasteiger partial charge in [0.1, 0.15) is 0 Å². The third-order valence-corrected chi connectivity index (χ3v) is 5.51. The van der Waals surface area contributed by atoms with Crippen LogP contribution in [0, 0.1) is 11.3 Å². The van der Waals surface area contributed by atoms with Crippen molar-refractivity contribution in [2.45, 2.75) is 90.2 Å². The van der Waals surface area contributed by atoms with Gasteiger partial charge in [-0.15, -0.1) is 0 Å². The molecule has 2 saturated carbocycles. The molecular weight excluding hydrogens is 234 g/mol. The Morgan fingerprint density at radius 2 is 1.68 bits per heavy atom. The molecule has 0 aromatic heterocycles. The molecule has 0 bridgehead atoms. The minimum atomic E-state index is -0.437. The molecule has 2 N–H and O–H groups in total. The minimum Gasteiger partial charge on any atom is -0.389 e. The van der Waals surface area contributed by atoms with E-state index in [1.807, 2.05) is 0 Å². The summed E-state index contributed by atoms with van der Waals surface area (Å²) in [7, 11) is 0. The molecule has 2 fully saturated rings.